The molecule has 2 N–H and O–H groups in total. The van der Waals surface area contributed by atoms with Gasteiger partial charge in [-0.2, -0.15) is 0 Å². The molecule has 3 aromatic heterocycles. The predicted molar refractivity (Wildman–Crippen MR) is 97.2 cm³/mol. The molecule has 1 aliphatic heterocycles. The number of nitrogens with one attached hydrogen (secondary N) is 2. The molecule has 0 saturated carbocycles. The topological polar surface area (TPSA) is 58.4 Å². The summed E-state index contributed by atoms with van der Waals surface area (Å²) in [7, 11) is 0. The van der Waals surface area contributed by atoms with Crippen molar-refractivity contribution in [3.63, 3.8) is 0 Å². The van der Waals surface area contributed by atoms with Crippen molar-refractivity contribution in [1.82, 2.24) is 14.7 Å². The van der Waals surface area contributed by atoms with E-state index in [1.54, 1.807) is 23.6 Å². The van der Waals surface area contributed by atoms with Gasteiger partial charge in [-0.1, -0.05) is 11.6 Å². The van der Waals surface area contributed by atoms with Crippen LogP contribution in [0.15, 0.2) is 24.4 Å². The fraction of sp³-hybridized carbons (Fsp3) is 0.294. The molecule has 0 bridgehead atoms. The first-order valence-electron chi connectivity index (χ1n) is 7.89. The number of halogens is 1. The van der Waals surface area contributed by atoms with Crippen molar-refractivity contribution in [3.05, 3.63) is 50.4 Å². The number of rotatable bonds is 2. The number of pyridine rings is 1. The highest BCUT2D eigenvalue weighted by Gasteiger charge is 2.18. The highest BCUT2D eigenvalue weighted by Crippen LogP contribution is 2.27. The summed E-state index contributed by atoms with van der Waals surface area (Å²) < 4.78 is 1.82. The number of hydrogen-bond donors (Lipinski definition) is 2. The van der Waals surface area contributed by atoms with Gasteiger partial charge in [-0.05, 0) is 50.1 Å². The van der Waals surface area contributed by atoms with Crippen molar-refractivity contribution in [2.24, 2.45) is 0 Å². The molecule has 7 heteroatoms. The summed E-state index contributed by atoms with van der Waals surface area (Å²) in [5.74, 6) is 0.567. The zero-order valence-corrected chi connectivity index (χ0v) is 14.8. The minimum atomic E-state index is -0.0991. The second kappa shape index (κ2) is 6.20. The molecule has 0 saturated heterocycles. The lowest BCUT2D eigenvalue weighted by atomic mass is 10.2. The Bertz CT molecular complexity index is 907. The molecule has 0 unspecified atom stereocenters. The Morgan fingerprint density at radius 1 is 1.46 bits per heavy atom. The molecular formula is C17H17ClN4OS. The van der Waals surface area contributed by atoms with E-state index in [9.17, 15) is 4.79 Å². The predicted octanol–water partition coefficient (Wildman–Crippen LogP) is 3.65. The van der Waals surface area contributed by atoms with Crippen LogP contribution in [0.25, 0.3) is 5.65 Å². The fourth-order valence-electron chi connectivity index (χ4n) is 2.99. The first-order chi connectivity index (χ1) is 11.6. The number of aromatic nitrogens is 2. The molecule has 4 rings (SSSR count). The fourth-order valence-corrected chi connectivity index (χ4v) is 4.27. The molecule has 0 atom stereocenters. The summed E-state index contributed by atoms with van der Waals surface area (Å²) in [6, 6.07) is 5.63. The van der Waals surface area contributed by atoms with Crippen LogP contribution in [0.3, 0.4) is 0 Å². The number of anilines is 1. The van der Waals surface area contributed by atoms with Gasteiger partial charge in [0.1, 0.15) is 11.5 Å². The quantitative estimate of drug-likeness (QED) is 0.733. The largest absolute Gasteiger partial charge is 0.313 e. The summed E-state index contributed by atoms with van der Waals surface area (Å²) in [5.41, 5.74) is 2.77. The van der Waals surface area contributed by atoms with Gasteiger partial charge < -0.3 is 10.6 Å². The summed E-state index contributed by atoms with van der Waals surface area (Å²) >= 11 is 7.66. The Labute approximate surface area is 148 Å². The SMILES string of the molecule is Cc1nc2ccc(Cl)cn2c1NC(=O)c1cc2c(s1)CCCNC2. The molecular weight excluding hydrogens is 344 g/mol. The number of carbonyl (C=O) groups excluding carboxylic acids is 1. The summed E-state index contributed by atoms with van der Waals surface area (Å²) in [5, 5.41) is 6.98. The number of aryl methyl sites for hydroxylation is 2. The molecule has 5 nitrogen and oxygen atoms in total. The standard InChI is InChI=1S/C17H17ClN4OS/c1-10-16(22-9-12(18)4-5-15(22)20-10)21-17(23)14-7-11-8-19-6-2-3-13(11)24-14/h4-5,7,9,19H,2-3,6,8H2,1H3,(H,21,23). The normalized spacial score (nSPS) is 14.4. The molecule has 0 spiro atoms. The first-order valence-corrected chi connectivity index (χ1v) is 9.09. The molecule has 4 heterocycles. The zero-order valence-electron chi connectivity index (χ0n) is 13.2. The Balaban J connectivity index is 1.65. The molecule has 0 radical (unpaired) electrons. The Kier molecular flexibility index (Phi) is 4.04. The van der Waals surface area contributed by atoms with E-state index in [2.05, 4.69) is 15.6 Å². The van der Waals surface area contributed by atoms with Crippen LogP contribution in [0, 0.1) is 6.92 Å². The number of amides is 1. The Hall–Kier alpha value is -1.89. The minimum Gasteiger partial charge on any atom is -0.313 e. The molecule has 24 heavy (non-hydrogen) atoms. The molecule has 1 aliphatic rings. The Morgan fingerprint density at radius 3 is 3.21 bits per heavy atom. The second-order valence-corrected chi connectivity index (χ2v) is 7.49. The van der Waals surface area contributed by atoms with Crippen LogP contribution in [0.2, 0.25) is 5.02 Å². The zero-order chi connectivity index (χ0) is 16.7. The minimum absolute atomic E-state index is 0.0991. The number of fused-ring (bicyclic) bond motifs is 2. The van der Waals surface area contributed by atoms with E-state index in [0.717, 1.165) is 42.1 Å². The second-order valence-electron chi connectivity index (χ2n) is 5.91. The maximum Gasteiger partial charge on any atom is 0.266 e. The van der Waals surface area contributed by atoms with Crippen LogP contribution in [0.4, 0.5) is 5.82 Å². The van der Waals surface area contributed by atoms with Gasteiger partial charge in [0.25, 0.3) is 5.91 Å². The van der Waals surface area contributed by atoms with Crippen LogP contribution in [-0.2, 0) is 13.0 Å². The maximum atomic E-state index is 12.7. The third-order valence-electron chi connectivity index (χ3n) is 4.18. The lowest BCUT2D eigenvalue weighted by Gasteiger charge is -2.05. The molecule has 0 aromatic carbocycles. The number of nitrogens with zero attached hydrogens (tertiary/aromatic N) is 2. The third-order valence-corrected chi connectivity index (χ3v) is 5.64. The van der Waals surface area contributed by atoms with Crippen molar-refractivity contribution in [2.45, 2.75) is 26.3 Å². The van der Waals surface area contributed by atoms with Crippen LogP contribution in [-0.4, -0.2) is 21.8 Å². The van der Waals surface area contributed by atoms with Crippen LogP contribution < -0.4 is 10.6 Å². The highest BCUT2D eigenvalue weighted by molar-refractivity contribution is 7.14. The van der Waals surface area contributed by atoms with E-state index in [-0.39, 0.29) is 5.91 Å². The molecule has 0 aliphatic carbocycles. The van der Waals surface area contributed by atoms with Crippen molar-refractivity contribution in [2.75, 3.05) is 11.9 Å². The van der Waals surface area contributed by atoms with Gasteiger partial charge in [0.15, 0.2) is 0 Å². The Morgan fingerprint density at radius 2 is 2.33 bits per heavy atom. The molecule has 3 aromatic rings. The van der Waals surface area contributed by atoms with Crippen molar-refractivity contribution in [3.8, 4) is 0 Å². The van der Waals surface area contributed by atoms with Gasteiger partial charge in [0.05, 0.1) is 15.6 Å². The number of carbonyl (C=O) groups is 1. The average molecular weight is 361 g/mol. The molecule has 1 amide bonds. The molecule has 0 fully saturated rings. The van der Waals surface area contributed by atoms with E-state index in [1.807, 2.05) is 23.5 Å². The average Bonchev–Trinajstić information content (AvgIpc) is 3.01. The lowest BCUT2D eigenvalue weighted by Crippen LogP contribution is -2.14. The van der Waals surface area contributed by atoms with Gasteiger partial charge in [-0.25, -0.2) is 4.98 Å². The van der Waals surface area contributed by atoms with Crippen LogP contribution in [0.5, 0.6) is 0 Å². The van der Waals surface area contributed by atoms with E-state index in [0.29, 0.717) is 10.8 Å². The van der Waals surface area contributed by atoms with Gasteiger partial charge >= 0.3 is 0 Å². The first kappa shape index (κ1) is 15.6. The summed E-state index contributed by atoms with van der Waals surface area (Å²) in [6.07, 6.45) is 3.91. The van der Waals surface area contributed by atoms with E-state index in [4.69, 9.17) is 11.6 Å². The van der Waals surface area contributed by atoms with Gasteiger partial charge in [-0.15, -0.1) is 11.3 Å². The van der Waals surface area contributed by atoms with Crippen LogP contribution >= 0.6 is 22.9 Å². The van der Waals surface area contributed by atoms with Gasteiger partial charge in [-0.3, -0.25) is 9.20 Å². The number of hydrogen-bond acceptors (Lipinski definition) is 4. The summed E-state index contributed by atoms with van der Waals surface area (Å²) in [6.45, 7) is 3.75. The van der Waals surface area contributed by atoms with E-state index >= 15 is 0 Å². The molecule has 124 valence electrons. The van der Waals surface area contributed by atoms with E-state index < -0.39 is 0 Å². The van der Waals surface area contributed by atoms with Crippen LogP contribution in [0.1, 0.15) is 32.2 Å². The maximum absolute atomic E-state index is 12.7. The monoisotopic (exact) mass is 360 g/mol. The summed E-state index contributed by atoms with van der Waals surface area (Å²) in [4.78, 5) is 19.2. The lowest BCUT2D eigenvalue weighted by molar-refractivity contribution is 0.103. The highest BCUT2D eigenvalue weighted by atomic mass is 35.5. The van der Waals surface area contributed by atoms with Crippen molar-refractivity contribution >= 4 is 40.3 Å². The number of imidazole rings is 1. The number of thiophene rings is 1. The van der Waals surface area contributed by atoms with Crippen molar-refractivity contribution in [1.29, 1.82) is 0 Å². The van der Waals surface area contributed by atoms with Gasteiger partial charge in [0, 0.05) is 17.6 Å². The van der Waals surface area contributed by atoms with E-state index in [1.165, 1.54) is 10.4 Å². The van der Waals surface area contributed by atoms with Gasteiger partial charge in [0.2, 0.25) is 0 Å². The van der Waals surface area contributed by atoms with Crippen molar-refractivity contribution < 1.29 is 4.79 Å². The smallest absolute Gasteiger partial charge is 0.266 e. The third kappa shape index (κ3) is 2.81.